The first-order valence-electron chi connectivity index (χ1n) is 5.89. The Morgan fingerprint density at radius 3 is 2.76 bits per heavy atom. The van der Waals surface area contributed by atoms with Crippen molar-refractivity contribution in [3.05, 3.63) is 34.9 Å². The fraction of sp³-hybridized carbons (Fsp3) is 0.462. The van der Waals surface area contributed by atoms with Gasteiger partial charge in [0.15, 0.2) is 0 Å². The molecule has 0 bridgehead atoms. The maximum Gasteiger partial charge on any atom is 0.233 e. The van der Waals surface area contributed by atoms with Gasteiger partial charge < -0.3 is 5.32 Å². The highest BCUT2D eigenvalue weighted by atomic mass is 35.5. The van der Waals surface area contributed by atoms with Crippen molar-refractivity contribution in [3.8, 4) is 0 Å². The lowest BCUT2D eigenvalue weighted by Gasteiger charge is -2.20. The molecule has 1 aromatic rings. The van der Waals surface area contributed by atoms with E-state index in [4.69, 9.17) is 11.6 Å². The predicted molar refractivity (Wildman–Crippen MR) is 73.4 cm³/mol. The molecule has 1 fully saturated rings. The van der Waals surface area contributed by atoms with Gasteiger partial charge in [0.1, 0.15) is 0 Å². The van der Waals surface area contributed by atoms with Crippen molar-refractivity contribution in [3.63, 3.8) is 0 Å². The van der Waals surface area contributed by atoms with Crippen LogP contribution in [0, 0.1) is 0 Å². The Balaban J connectivity index is 1.81. The summed E-state index contributed by atoms with van der Waals surface area (Å²) in [6.07, 6.45) is 3.43. The van der Waals surface area contributed by atoms with E-state index in [1.165, 1.54) is 12.8 Å². The van der Waals surface area contributed by atoms with Crippen molar-refractivity contribution < 1.29 is 4.79 Å². The van der Waals surface area contributed by atoms with Gasteiger partial charge in [0.25, 0.3) is 0 Å². The van der Waals surface area contributed by atoms with Gasteiger partial charge in [-0.25, -0.2) is 0 Å². The maximum atomic E-state index is 11.9. The molecule has 1 aliphatic rings. The minimum absolute atomic E-state index is 0.149. The fourth-order valence-corrected chi connectivity index (χ4v) is 3.20. The SMILES string of the molecule is O=C(NCc1ccc(Cl)cc1)C1CCCCS1. The summed E-state index contributed by atoms with van der Waals surface area (Å²) in [6.45, 7) is 0.590. The van der Waals surface area contributed by atoms with Gasteiger partial charge >= 0.3 is 0 Å². The molecular weight excluding hydrogens is 254 g/mol. The average Bonchev–Trinajstić information content (AvgIpc) is 2.39. The van der Waals surface area contributed by atoms with Crippen LogP contribution in [0.2, 0.25) is 5.02 Å². The van der Waals surface area contributed by atoms with Gasteiger partial charge in [-0.2, -0.15) is 0 Å². The highest BCUT2D eigenvalue weighted by molar-refractivity contribution is 8.00. The Labute approximate surface area is 111 Å². The molecule has 1 saturated heterocycles. The molecule has 0 aliphatic carbocycles. The van der Waals surface area contributed by atoms with E-state index in [-0.39, 0.29) is 11.2 Å². The smallest absolute Gasteiger partial charge is 0.233 e. The molecule has 2 rings (SSSR count). The van der Waals surface area contributed by atoms with E-state index in [1.54, 1.807) is 11.8 Å². The van der Waals surface area contributed by atoms with Crippen LogP contribution in [0.1, 0.15) is 24.8 Å². The Morgan fingerprint density at radius 1 is 1.35 bits per heavy atom. The molecule has 1 atom stereocenters. The highest BCUT2D eigenvalue weighted by Gasteiger charge is 2.21. The van der Waals surface area contributed by atoms with Crippen molar-refractivity contribution in [1.82, 2.24) is 5.32 Å². The number of hydrogen-bond acceptors (Lipinski definition) is 2. The predicted octanol–water partition coefficient (Wildman–Crippen LogP) is 3.24. The van der Waals surface area contributed by atoms with Gasteiger partial charge in [-0.1, -0.05) is 30.2 Å². The van der Waals surface area contributed by atoms with Crippen molar-refractivity contribution in [1.29, 1.82) is 0 Å². The molecule has 4 heteroatoms. The number of halogens is 1. The first-order chi connectivity index (χ1) is 8.25. The number of benzene rings is 1. The molecule has 1 aromatic carbocycles. The van der Waals surface area contributed by atoms with E-state index in [0.29, 0.717) is 6.54 Å². The fourth-order valence-electron chi connectivity index (χ4n) is 1.85. The van der Waals surface area contributed by atoms with Gasteiger partial charge in [0.2, 0.25) is 5.91 Å². The van der Waals surface area contributed by atoms with Gasteiger partial charge in [-0.3, -0.25) is 4.79 Å². The molecule has 1 heterocycles. The number of thioether (sulfide) groups is 1. The number of carbonyl (C=O) groups excluding carboxylic acids is 1. The molecule has 0 spiro atoms. The number of carbonyl (C=O) groups is 1. The van der Waals surface area contributed by atoms with Gasteiger partial charge in [0.05, 0.1) is 5.25 Å². The van der Waals surface area contributed by atoms with Crippen LogP contribution in [-0.2, 0) is 11.3 Å². The molecule has 17 heavy (non-hydrogen) atoms. The minimum atomic E-state index is 0.149. The lowest BCUT2D eigenvalue weighted by molar-refractivity contribution is -0.120. The Hall–Kier alpha value is -0.670. The van der Waals surface area contributed by atoms with Crippen LogP contribution in [0.5, 0.6) is 0 Å². The first-order valence-corrected chi connectivity index (χ1v) is 7.32. The number of hydrogen-bond donors (Lipinski definition) is 1. The Morgan fingerprint density at radius 2 is 2.12 bits per heavy atom. The normalized spacial score (nSPS) is 19.9. The molecule has 2 nitrogen and oxygen atoms in total. The van der Waals surface area contributed by atoms with Crippen LogP contribution in [0.3, 0.4) is 0 Å². The van der Waals surface area contributed by atoms with E-state index in [9.17, 15) is 4.79 Å². The molecule has 1 amide bonds. The van der Waals surface area contributed by atoms with Crippen LogP contribution in [-0.4, -0.2) is 16.9 Å². The molecular formula is C13H16ClNOS. The maximum absolute atomic E-state index is 11.9. The van der Waals surface area contributed by atoms with E-state index in [1.807, 2.05) is 24.3 Å². The van der Waals surface area contributed by atoms with Crippen molar-refractivity contribution in [2.75, 3.05) is 5.75 Å². The summed E-state index contributed by atoms with van der Waals surface area (Å²) in [4.78, 5) is 11.9. The standard InChI is InChI=1S/C13H16ClNOS/c14-11-6-4-10(5-7-11)9-15-13(16)12-3-1-2-8-17-12/h4-7,12H,1-3,8-9H2,(H,15,16). The molecule has 0 aromatic heterocycles. The lowest BCUT2D eigenvalue weighted by Crippen LogP contribution is -2.33. The van der Waals surface area contributed by atoms with Crippen LogP contribution in [0.25, 0.3) is 0 Å². The molecule has 0 radical (unpaired) electrons. The van der Waals surface area contributed by atoms with Gasteiger partial charge in [-0.15, -0.1) is 11.8 Å². The number of amides is 1. The van der Waals surface area contributed by atoms with E-state index >= 15 is 0 Å². The Kier molecular flexibility index (Phi) is 4.75. The topological polar surface area (TPSA) is 29.1 Å². The summed E-state index contributed by atoms with van der Waals surface area (Å²) in [5.41, 5.74) is 1.09. The largest absolute Gasteiger partial charge is 0.351 e. The number of nitrogens with one attached hydrogen (secondary N) is 1. The molecule has 0 saturated carbocycles. The summed E-state index contributed by atoms with van der Waals surface area (Å²) in [7, 11) is 0. The molecule has 1 N–H and O–H groups in total. The van der Waals surface area contributed by atoms with Crippen LogP contribution >= 0.6 is 23.4 Å². The summed E-state index contributed by atoms with van der Waals surface area (Å²) in [5.74, 6) is 1.28. The minimum Gasteiger partial charge on any atom is -0.351 e. The zero-order valence-electron chi connectivity index (χ0n) is 9.62. The van der Waals surface area contributed by atoms with Crippen LogP contribution in [0.15, 0.2) is 24.3 Å². The van der Waals surface area contributed by atoms with Crippen LogP contribution < -0.4 is 5.32 Å². The molecule has 92 valence electrons. The lowest BCUT2D eigenvalue weighted by atomic mass is 10.1. The second-order valence-electron chi connectivity index (χ2n) is 4.20. The van der Waals surface area contributed by atoms with Gasteiger partial charge in [0, 0.05) is 11.6 Å². The Bertz CT molecular complexity index is 374. The van der Waals surface area contributed by atoms with Crippen LogP contribution in [0.4, 0.5) is 0 Å². The second-order valence-corrected chi connectivity index (χ2v) is 5.95. The van der Waals surface area contributed by atoms with E-state index in [2.05, 4.69) is 5.32 Å². The summed E-state index contributed by atoms with van der Waals surface area (Å²) < 4.78 is 0. The van der Waals surface area contributed by atoms with Crippen molar-refractivity contribution >= 4 is 29.3 Å². The number of rotatable bonds is 3. The monoisotopic (exact) mass is 269 g/mol. The molecule has 1 aliphatic heterocycles. The highest BCUT2D eigenvalue weighted by Crippen LogP contribution is 2.25. The zero-order chi connectivity index (χ0) is 12.1. The third-order valence-electron chi connectivity index (χ3n) is 2.85. The quantitative estimate of drug-likeness (QED) is 0.913. The summed E-state index contributed by atoms with van der Waals surface area (Å²) in [5, 5.41) is 3.86. The third kappa shape index (κ3) is 3.93. The first kappa shape index (κ1) is 12.8. The van der Waals surface area contributed by atoms with Crippen molar-refractivity contribution in [2.45, 2.75) is 31.1 Å². The summed E-state index contributed by atoms with van der Waals surface area (Å²) in [6, 6.07) is 7.57. The van der Waals surface area contributed by atoms with Gasteiger partial charge in [-0.05, 0) is 36.3 Å². The zero-order valence-corrected chi connectivity index (χ0v) is 11.2. The third-order valence-corrected chi connectivity index (χ3v) is 4.48. The summed E-state index contributed by atoms with van der Waals surface area (Å²) >= 11 is 7.58. The van der Waals surface area contributed by atoms with E-state index in [0.717, 1.165) is 22.8 Å². The molecule has 1 unspecified atom stereocenters. The second kappa shape index (κ2) is 6.31. The van der Waals surface area contributed by atoms with Crippen molar-refractivity contribution in [2.24, 2.45) is 0 Å². The van der Waals surface area contributed by atoms with E-state index < -0.39 is 0 Å². The average molecular weight is 270 g/mol.